The quantitative estimate of drug-likeness (QED) is 0.164. The first-order valence-corrected chi connectivity index (χ1v) is 12.9. The Kier molecular flexibility index (Phi) is 8.64. The van der Waals surface area contributed by atoms with Gasteiger partial charge >= 0.3 is 24.4 Å². The predicted molar refractivity (Wildman–Crippen MR) is 146 cm³/mol. The van der Waals surface area contributed by atoms with Crippen LogP contribution in [0.4, 0.5) is 47.3 Å². The van der Waals surface area contributed by atoms with Gasteiger partial charge in [0, 0.05) is 16.9 Å². The van der Waals surface area contributed by atoms with E-state index in [2.05, 4.69) is 5.32 Å². The highest BCUT2D eigenvalue weighted by Gasteiger charge is 2.56. The Morgan fingerprint density at radius 3 is 2.11 bits per heavy atom. The number of carbonyl (C=O) groups is 2. The smallest absolute Gasteiger partial charge is 0.416 e. The molecule has 15 heteroatoms. The molecule has 0 aliphatic carbocycles. The van der Waals surface area contributed by atoms with Gasteiger partial charge in [-0.3, -0.25) is 10.1 Å². The second-order valence-electron chi connectivity index (χ2n) is 10.3. The van der Waals surface area contributed by atoms with Crippen molar-refractivity contribution in [1.29, 1.82) is 0 Å². The molecule has 4 amide bonds. The number of anilines is 2. The fourth-order valence-electron chi connectivity index (χ4n) is 5.01. The number of hydrogen-bond acceptors (Lipinski definition) is 5. The normalized spacial score (nSPS) is 16.6. The maximum atomic E-state index is 14.0. The van der Waals surface area contributed by atoms with Crippen LogP contribution in [0.3, 0.4) is 0 Å². The second-order valence-corrected chi connectivity index (χ2v) is 10.3. The Hall–Kier alpha value is -4.66. The molecule has 1 saturated heterocycles. The van der Waals surface area contributed by atoms with Crippen LogP contribution < -0.4 is 19.7 Å². The summed E-state index contributed by atoms with van der Waals surface area (Å²) in [4.78, 5) is 29.2. The summed E-state index contributed by atoms with van der Waals surface area (Å²) in [5.74, 6) is 0.612. The Labute approximate surface area is 248 Å². The van der Waals surface area contributed by atoms with Gasteiger partial charge in [0.2, 0.25) is 0 Å². The van der Waals surface area contributed by atoms with Crippen molar-refractivity contribution in [3.8, 4) is 11.5 Å². The van der Waals surface area contributed by atoms with E-state index >= 15 is 0 Å². The lowest BCUT2D eigenvalue weighted by Crippen LogP contribution is -2.58. The molecular weight excluding hydrogens is 598 g/mol. The Morgan fingerprint density at radius 1 is 0.932 bits per heavy atom. The van der Waals surface area contributed by atoms with Crippen LogP contribution in [-0.4, -0.2) is 53.2 Å². The van der Waals surface area contributed by atoms with Crippen molar-refractivity contribution in [2.75, 3.05) is 24.4 Å². The number of nitrogens with one attached hydrogen (secondary N) is 1. The van der Waals surface area contributed by atoms with E-state index in [9.17, 15) is 41.1 Å². The van der Waals surface area contributed by atoms with E-state index in [0.29, 0.717) is 23.4 Å². The average Bonchev–Trinajstić information content (AvgIpc) is 3.16. The topological polar surface area (TPSA) is 94.6 Å². The highest BCUT2D eigenvalue weighted by atomic mass is 19.4. The lowest BCUT2D eigenvalue weighted by atomic mass is 9.98. The maximum absolute atomic E-state index is 14.0. The number of nitrogens with zero attached hydrogens (tertiary/aromatic N) is 3. The number of carbonyl (C=O) groups excluding carboxylic acids is 2. The summed E-state index contributed by atoms with van der Waals surface area (Å²) in [5, 5.41) is 13.4. The molecule has 0 bridgehead atoms. The third-order valence-electron chi connectivity index (χ3n) is 7.15. The fourth-order valence-corrected chi connectivity index (χ4v) is 5.01. The molecule has 0 radical (unpaired) electrons. The number of para-hydroxylation sites is 1. The van der Waals surface area contributed by atoms with Crippen molar-refractivity contribution in [3.63, 3.8) is 0 Å². The van der Waals surface area contributed by atoms with Crippen LogP contribution in [-0.2, 0) is 18.9 Å². The minimum absolute atomic E-state index is 0.0707. The number of ether oxygens (including phenoxy) is 2. The summed E-state index contributed by atoms with van der Waals surface area (Å²) in [5.41, 5.74) is -3.86. The van der Waals surface area contributed by atoms with Crippen LogP contribution in [0.5, 0.6) is 11.5 Å². The van der Waals surface area contributed by atoms with Gasteiger partial charge < -0.3 is 19.7 Å². The largest absolute Gasteiger partial charge is 0.493 e. The Morgan fingerprint density at radius 2 is 1.52 bits per heavy atom. The summed E-state index contributed by atoms with van der Waals surface area (Å²) in [6.45, 7) is 2.74. The number of urea groups is 2. The predicted octanol–water partition coefficient (Wildman–Crippen LogP) is 7.21. The highest BCUT2D eigenvalue weighted by molar-refractivity contribution is 5.98. The zero-order chi connectivity index (χ0) is 32.6. The van der Waals surface area contributed by atoms with E-state index in [1.54, 1.807) is 18.2 Å². The first kappa shape index (κ1) is 32.3. The van der Waals surface area contributed by atoms with Gasteiger partial charge in [0.15, 0.2) is 17.7 Å². The van der Waals surface area contributed by atoms with Crippen molar-refractivity contribution in [2.24, 2.45) is 0 Å². The third-order valence-corrected chi connectivity index (χ3v) is 7.15. The maximum Gasteiger partial charge on any atom is 0.416 e. The summed E-state index contributed by atoms with van der Waals surface area (Å²) >= 11 is 0. The van der Waals surface area contributed by atoms with Crippen LogP contribution in [0, 0.1) is 0 Å². The van der Waals surface area contributed by atoms with Crippen molar-refractivity contribution in [1.82, 2.24) is 9.96 Å². The van der Waals surface area contributed by atoms with E-state index in [-0.39, 0.29) is 28.7 Å². The van der Waals surface area contributed by atoms with E-state index in [4.69, 9.17) is 9.47 Å². The monoisotopic (exact) mass is 626 g/mol. The Bertz CT molecular complexity index is 1550. The van der Waals surface area contributed by atoms with Gasteiger partial charge in [0.1, 0.15) is 0 Å². The van der Waals surface area contributed by atoms with Gasteiger partial charge in [-0.15, -0.1) is 0 Å². The van der Waals surface area contributed by atoms with E-state index in [1.807, 2.05) is 0 Å². The molecule has 44 heavy (non-hydrogen) atoms. The van der Waals surface area contributed by atoms with Crippen molar-refractivity contribution in [2.45, 2.75) is 44.4 Å². The number of methoxy groups -OCH3 is 2. The Balaban J connectivity index is 1.78. The summed E-state index contributed by atoms with van der Waals surface area (Å²) < 4.78 is 91.3. The first-order valence-electron chi connectivity index (χ1n) is 12.9. The molecule has 1 fully saturated rings. The molecule has 0 spiro atoms. The number of hydrogen-bond donors (Lipinski definition) is 2. The van der Waals surface area contributed by atoms with Crippen molar-refractivity contribution < 1.29 is 50.6 Å². The molecule has 3 aromatic carbocycles. The van der Waals surface area contributed by atoms with Crippen LogP contribution >= 0.6 is 0 Å². The minimum Gasteiger partial charge on any atom is -0.493 e. The molecule has 0 aromatic heterocycles. The lowest BCUT2D eigenvalue weighted by Gasteiger charge is -2.38. The molecule has 236 valence electrons. The molecular formula is C29H28F6N4O5. The van der Waals surface area contributed by atoms with E-state index in [0.717, 1.165) is 35.2 Å². The van der Waals surface area contributed by atoms with E-state index < -0.39 is 47.2 Å². The summed E-state index contributed by atoms with van der Waals surface area (Å²) in [6, 6.07) is 10.0. The lowest BCUT2D eigenvalue weighted by molar-refractivity contribution is -0.138. The van der Waals surface area contributed by atoms with Gasteiger partial charge in [-0.1, -0.05) is 24.3 Å². The fraction of sp³-hybridized carbons (Fsp3) is 0.310. The highest BCUT2D eigenvalue weighted by Crippen LogP contribution is 2.42. The number of rotatable bonds is 7. The van der Waals surface area contributed by atoms with Gasteiger partial charge in [-0.2, -0.15) is 31.4 Å². The van der Waals surface area contributed by atoms with Gasteiger partial charge in [0.25, 0.3) is 0 Å². The molecule has 3 aromatic rings. The molecule has 4 rings (SSSR count). The van der Waals surface area contributed by atoms with E-state index in [1.165, 1.54) is 39.0 Å². The van der Waals surface area contributed by atoms with Crippen LogP contribution in [0.15, 0.2) is 66.7 Å². The summed E-state index contributed by atoms with van der Waals surface area (Å²) in [6.07, 6.45) is -11.2. The average molecular weight is 627 g/mol. The molecule has 1 heterocycles. The van der Waals surface area contributed by atoms with Crippen LogP contribution in [0.1, 0.15) is 30.5 Å². The molecule has 2 N–H and O–H groups in total. The number of benzene rings is 3. The van der Waals surface area contributed by atoms with Gasteiger partial charge in [0.05, 0.1) is 37.4 Å². The molecule has 1 aliphatic heterocycles. The second kappa shape index (κ2) is 11.8. The van der Waals surface area contributed by atoms with Crippen LogP contribution in [0.25, 0.3) is 0 Å². The van der Waals surface area contributed by atoms with Gasteiger partial charge in [-0.25, -0.2) is 9.59 Å². The zero-order valence-corrected chi connectivity index (χ0v) is 23.8. The molecule has 0 saturated carbocycles. The summed E-state index contributed by atoms with van der Waals surface area (Å²) in [7, 11) is 2.79. The van der Waals surface area contributed by atoms with Gasteiger partial charge in [-0.05, 0) is 56.3 Å². The minimum atomic E-state index is -4.78. The number of halogens is 6. The number of alkyl halides is 6. The first-order chi connectivity index (χ1) is 20.5. The van der Waals surface area contributed by atoms with Crippen LogP contribution in [0.2, 0.25) is 0 Å². The molecule has 9 nitrogen and oxygen atoms in total. The third kappa shape index (κ3) is 6.18. The zero-order valence-electron chi connectivity index (χ0n) is 23.8. The molecule has 1 aliphatic rings. The number of hydroxylamine groups is 2. The molecule has 1 atom stereocenters. The SMILES string of the molecule is COc1cccc(CN2C(=O)N(c3cccc(C(F)(F)F)c3)C(N(O)C(=O)Nc3cccc(C(F)(F)F)c3)C2(C)C)c1OC. The van der Waals surface area contributed by atoms with Crippen molar-refractivity contribution in [3.05, 3.63) is 83.4 Å². The number of amides is 4. The van der Waals surface area contributed by atoms with Crippen molar-refractivity contribution >= 4 is 23.4 Å². The molecule has 1 unspecified atom stereocenters. The standard InChI is InChI=1S/C29H28F6N4O5/c1-27(2)24(39(42)25(40)36-20-11-6-9-18(14-20)28(30,31)32)38(21-12-7-10-19(15-21)29(33,34)35)26(41)37(27)16-17-8-5-13-22(43-3)23(17)44-4/h5-15,24,42H,16H2,1-4H3,(H,36,40).